The average molecular weight is 378 g/mol. The van der Waals surface area contributed by atoms with Gasteiger partial charge in [0, 0.05) is 36.9 Å². The number of rotatable bonds is 8. The van der Waals surface area contributed by atoms with Crippen LogP contribution in [0.1, 0.15) is 24.0 Å². The van der Waals surface area contributed by atoms with E-state index in [2.05, 4.69) is 15.6 Å². The molecule has 2 aromatic heterocycles. The number of hydrogen-bond donors (Lipinski definition) is 3. The van der Waals surface area contributed by atoms with Crippen LogP contribution in [0.3, 0.4) is 0 Å². The molecule has 26 heavy (non-hydrogen) atoms. The molecule has 3 heterocycles. The Morgan fingerprint density at radius 2 is 2.31 bits per heavy atom. The van der Waals surface area contributed by atoms with E-state index in [9.17, 15) is 5.11 Å². The Morgan fingerprint density at radius 3 is 3.00 bits per heavy atom. The van der Waals surface area contributed by atoms with E-state index < -0.39 is 5.60 Å². The van der Waals surface area contributed by atoms with Crippen molar-refractivity contribution in [2.75, 3.05) is 32.8 Å². The number of hydrogen-bond acceptors (Lipinski definition) is 5. The molecule has 0 amide bonds. The molecular weight excluding hydrogens is 350 g/mol. The molecule has 1 saturated heterocycles. The molecule has 0 bridgehead atoms. The number of nitrogens with one attached hydrogen (secondary N) is 2. The SMILES string of the molecule is CC(O)(CN=C(NCCc1ccco1)NCC1CCOC1)c1cccs1. The van der Waals surface area contributed by atoms with Gasteiger partial charge in [-0.15, -0.1) is 11.3 Å². The highest BCUT2D eigenvalue weighted by atomic mass is 32.1. The van der Waals surface area contributed by atoms with Crippen molar-refractivity contribution >= 4 is 17.3 Å². The molecule has 0 radical (unpaired) electrons. The molecular formula is C19H27N3O3S. The van der Waals surface area contributed by atoms with E-state index in [0.29, 0.717) is 25.0 Å². The first-order chi connectivity index (χ1) is 12.6. The summed E-state index contributed by atoms with van der Waals surface area (Å²) in [5.41, 5.74) is -0.972. The minimum Gasteiger partial charge on any atom is -0.469 e. The van der Waals surface area contributed by atoms with Crippen molar-refractivity contribution in [2.45, 2.75) is 25.4 Å². The van der Waals surface area contributed by atoms with Gasteiger partial charge in [-0.1, -0.05) is 6.07 Å². The molecule has 1 fully saturated rings. The standard InChI is InChI=1S/C19H27N3O3S/c1-19(23,17-5-3-11-26-17)14-22-18(21-12-15-7-10-24-13-15)20-8-6-16-4-2-9-25-16/h2-5,9,11,15,23H,6-8,10,12-14H2,1H3,(H2,20,21,22). The summed E-state index contributed by atoms with van der Waals surface area (Å²) in [4.78, 5) is 5.53. The van der Waals surface area contributed by atoms with Gasteiger partial charge in [0.15, 0.2) is 5.96 Å². The van der Waals surface area contributed by atoms with Gasteiger partial charge in [0.1, 0.15) is 11.4 Å². The maximum atomic E-state index is 10.7. The lowest BCUT2D eigenvalue weighted by Crippen LogP contribution is -2.42. The number of aliphatic imine (C=N–C) groups is 1. The summed E-state index contributed by atoms with van der Waals surface area (Å²) in [6.07, 6.45) is 3.53. The lowest BCUT2D eigenvalue weighted by atomic mass is 10.1. The first kappa shape index (κ1) is 18.9. The minimum absolute atomic E-state index is 0.296. The van der Waals surface area contributed by atoms with E-state index in [1.54, 1.807) is 24.5 Å². The van der Waals surface area contributed by atoms with Crippen LogP contribution in [-0.2, 0) is 16.8 Å². The largest absolute Gasteiger partial charge is 0.469 e. The van der Waals surface area contributed by atoms with Gasteiger partial charge in [-0.05, 0) is 36.9 Å². The van der Waals surface area contributed by atoms with E-state index >= 15 is 0 Å². The predicted octanol–water partition coefficient (Wildman–Crippen LogP) is 2.36. The molecule has 2 atom stereocenters. The highest BCUT2D eigenvalue weighted by Crippen LogP contribution is 2.25. The van der Waals surface area contributed by atoms with Crippen molar-refractivity contribution < 1.29 is 14.3 Å². The fraction of sp³-hybridized carbons (Fsp3) is 0.526. The maximum Gasteiger partial charge on any atom is 0.191 e. The van der Waals surface area contributed by atoms with Crippen LogP contribution >= 0.6 is 11.3 Å². The second-order valence-electron chi connectivity index (χ2n) is 6.78. The van der Waals surface area contributed by atoms with Crippen LogP contribution in [-0.4, -0.2) is 43.9 Å². The Labute approximate surface area is 158 Å². The van der Waals surface area contributed by atoms with Crippen LogP contribution in [0.25, 0.3) is 0 Å². The summed E-state index contributed by atoms with van der Waals surface area (Å²) in [7, 11) is 0. The lowest BCUT2D eigenvalue weighted by molar-refractivity contribution is 0.0711. The molecule has 142 valence electrons. The number of nitrogens with zero attached hydrogens (tertiary/aromatic N) is 1. The molecule has 6 nitrogen and oxygen atoms in total. The fourth-order valence-electron chi connectivity index (χ4n) is 2.81. The molecule has 0 aromatic carbocycles. The van der Waals surface area contributed by atoms with Crippen LogP contribution in [0.2, 0.25) is 0 Å². The molecule has 1 aliphatic heterocycles. The average Bonchev–Trinajstić information content (AvgIpc) is 3.40. The normalized spacial score (nSPS) is 20.1. The second-order valence-corrected chi connectivity index (χ2v) is 7.73. The number of thiophene rings is 1. The van der Waals surface area contributed by atoms with E-state index in [4.69, 9.17) is 9.15 Å². The topological polar surface area (TPSA) is 79.0 Å². The van der Waals surface area contributed by atoms with Gasteiger partial charge >= 0.3 is 0 Å². The molecule has 0 aliphatic carbocycles. The van der Waals surface area contributed by atoms with E-state index in [0.717, 1.165) is 43.2 Å². The zero-order valence-corrected chi connectivity index (χ0v) is 15.9. The molecule has 7 heteroatoms. The summed E-state index contributed by atoms with van der Waals surface area (Å²) in [5.74, 6) is 2.15. The minimum atomic E-state index is -0.972. The molecule has 3 N–H and O–H groups in total. The Morgan fingerprint density at radius 1 is 1.38 bits per heavy atom. The van der Waals surface area contributed by atoms with Crippen molar-refractivity contribution in [3.8, 4) is 0 Å². The van der Waals surface area contributed by atoms with Crippen molar-refractivity contribution in [3.63, 3.8) is 0 Å². The Hall–Kier alpha value is -1.83. The quantitative estimate of drug-likeness (QED) is 0.486. The van der Waals surface area contributed by atoms with Crippen LogP contribution in [0.15, 0.2) is 45.3 Å². The summed E-state index contributed by atoms with van der Waals surface area (Å²) in [6, 6.07) is 7.73. The third kappa shape index (κ3) is 5.59. The number of aliphatic hydroxyl groups is 1. The van der Waals surface area contributed by atoms with Crippen molar-refractivity contribution in [2.24, 2.45) is 10.9 Å². The van der Waals surface area contributed by atoms with Crippen LogP contribution in [0, 0.1) is 5.92 Å². The van der Waals surface area contributed by atoms with Gasteiger partial charge in [0.05, 0.1) is 19.4 Å². The highest BCUT2D eigenvalue weighted by molar-refractivity contribution is 7.10. The monoisotopic (exact) mass is 377 g/mol. The first-order valence-corrected chi connectivity index (χ1v) is 9.90. The molecule has 0 spiro atoms. The predicted molar refractivity (Wildman–Crippen MR) is 104 cm³/mol. The third-order valence-corrected chi connectivity index (χ3v) is 5.55. The van der Waals surface area contributed by atoms with Crippen LogP contribution < -0.4 is 10.6 Å². The summed E-state index contributed by atoms with van der Waals surface area (Å²) < 4.78 is 10.8. The molecule has 3 rings (SSSR count). The molecule has 2 aromatic rings. The number of ether oxygens (including phenoxy) is 1. The van der Waals surface area contributed by atoms with Gasteiger partial charge < -0.3 is 24.9 Å². The van der Waals surface area contributed by atoms with E-state index in [1.807, 2.05) is 29.6 Å². The van der Waals surface area contributed by atoms with Gasteiger partial charge in [-0.3, -0.25) is 0 Å². The zero-order valence-electron chi connectivity index (χ0n) is 15.1. The maximum absolute atomic E-state index is 10.7. The summed E-state index contributed by atoms with van der Waals surface area (Å²) in [6.45, 7) is 5.24. The molecule has 1 aliphatic rings. The van der Waals surface area contributed by atoms with Crippen molar-refractivity contribution in [1.29, 1.82) is 0 Å². The summed E-state index contributed by atoms with van der Waals surface area (Å²) in [5, 5.41) is 19.4. The first-order valence-electron chi connectivity index (χ1n) is 9.02. The van der Waals surface area contributed by atoms with Crippen molar-refractivity contribution in [1.82, 2.24) is 10.6 Å². The van der Waals surface area contributed by atoms with Crippen LogP contribution in [0.4, 0.5) is 0 Å². The van der Waals surface area contributed by atoms with Crippen molar-refractivity contribution in [3.05, 3.63) is 46.5 Å². The van der Waals surface area contributed by atoms with Gasteiger partial charge in [0.25, 0.3) is 0 Å². The van der Waals surface area contributed by atoms with Gasteiger partial charge in [0.2, 0.25) is 0 Å². The highest BCUT2D eigenvalue weighted by Gasteiger charge is 2.24. The Balaban J connectivity index is 1.56. The Bertz CT molecular complexity index is 662. The molecule has 0 saturated carbocycles. The van der Waals surface area contributed by atoms with Gasteiger partial charge in [-0.2, -0.15) is 0 Å². The number of guanidine groups is 1. The Kier molecular flexibility index (Phi) is 6.71. The number of furan rings is 1. The zero-order chi connectivity index (χ0) is 18.2. The third-order valence-electron chi connectivity index (χ3n) is 4.42. The van der Waals surface area contributed by atoms with E-state index in [1.165, 1.54) is 0 Å². The lowest BCUT2D eigenvalue weighted by Gasteiger charge is -2.21. The van der Waals surface area contributed by atoms with Gasteiger partial charge in [-0.25, -0.2) is 4.99 Å². The molecule has 2 unspecified atom stereocenters. The fourth-order valence-corrected chi connectivity index (χ4v) is 3.59. The van der Waals surface area contributed by atoms with Crippen LogP contribution in [0.5, 0.6) is 0 Å². The smallest absolute Gasteiger partial charge is 0.191 e. The summed E-state index contributed by atoms with van der Waals surface area (Å²) >= 11 is 1.54. The second kappa shape index (κ2) is 9.21. The van der Waals surface area contributed by atoms with E-state index in [-0.39, 0.29) is 0 Å².